The van der Waals surface area contributed by atoms with Crippen molar-refractivity contribution in [2.24, 2.45) is 0 Å². The van der Waals surface area contributed by atoms with Gasteiger partial charge in [-0.3, -0.25) is 4.90 Å². The fraction of sp³-hybridized carbons (Fsp3) is 0.333. The monoisotopic (exact) mass is 355 g/mol. The Morgan fingerprint density at radius 1 is 1.26 bits per heavy atom. The molecule has 0 aliphatic carbocycles. The largest absolute Gasteiger partial charge is 0.476 e. The molecule has 2 heterocycles. The number of carbonyl (C=O) groups is 1. The number of rotatable bonds is 4. The molecule has 1 saturated heterocycles. The fourth-order valence-electron chi connectivity index (χ4n) is 2.56. The molecule has 0 bridgehead atoms. The van der Waals surface area contributed by atoms with Gasteiger partial charge in [0.1, 0.15) is 6.26 Å². The van der Waals surface area contributed by atoms with Gasteiger partial charge in [0.15, 0.2) is 5.69 Å². The summed E-state index contributed by atoms with van der Waals surface area (Å²) in [5, 5.41) is 10.1. The summed E-state index contributed by atoms with van der Waals surface area (Å²) < 4.78 is 5.19. The summed E-state index contributed by atoms with van der Waals surface area (Å²) in [6.45, 7) is 3.74. The smallest absolute Gasteiger partial charge is 0.357 e. The minimum absolute atomic E-state index is 0.0633. The van der Waals surface area contributed by atoms with E-state index in [4.69, 9.17) is 32.7 Å². The summed E-state index contributed by atoms with van der Waals surface area (Å²) in [5.74, 6) is -0.664. The van der Waals surface area contributed by atoms with Crippen molar-refractivity contribution >= 4 is 34.9 Å². The Morgan fingerprint density at radius 2 is 2.00 bits per heavy atom. The third-order valence-corrected chi connectivity index (χ3v) is 4.29. The van der Waals surface area contributed by atoms with Crippen molar-refractivity contribution in [2.75, 3.05) is 31.1 Å². The van der Waals surface area contributed by atoms with E-state index < -0.39 is 5.97 Å². The topological polar surface area (TPSA) is 69.8 Å². The molecule has 2 aromatic rings. The number of aromatic nitrogens is 1. The Kier molecular flexibility index (Phi) is 4.75. The Balaban J connectivity index is 1.58. The van der Waals surface area contributed by atoms with Gasteiger partial charge in [0.05, 0.1) is 17.3 Å². The van der Waals surface area contributed by atoms with Crippen LogP contribution in [0.15, 0.2) is 28.9 Å². The first-order valence-electron chi connectivity index (χ1n) is 7.13. The highest BCUT2D eigenvalue weighted by molar-refractivity contribution is 6.36. The molecular formula is C15H15Cl2N3O3. The lowest BCUT2D eigenvalue weighted by molar-refractivity contribution is 0.0690. The van der Waals surface area contributed by atoms with Crippen molar-refractivity contribution in [3.63, 3.8) is 0 Å². The Labute approximate surface area is 143 Å². The van der Waals surface area contributed by atoms with Gasteiger partial charge in [0, 0.05) is 31.2 Å². The molecule has 8 heteroatoms. The number of carboxylic acid groups (broad SMARTS) is 1. The van der Waals surface area contributed by atoms with Crippen molar-refractivity contribution in [3.8, 4) is 0 Å². The molecule has 0 radical (unpaired) electrons. The van der Waals surface area contributed by atoms with E-state index in [1.807, 2.05) is 12.1 Å². The zero-order chi connectivity index (χ0) is 16.4. The number of nitrogens with zero attached hydrogens (tertiary/aromatic N) is 3. The van der Waals surface area contributed by atoms with E-state index in [9.17, 15) is 4.79 Å². The molecule has 1 N–H and O–H groups in total. The molecule has 1 aromatic carbocycles. The molecule has 23 heavy (non-hydrogen) atoms. The third kappa shape index (κ3) is 3.77. The number of aromatic carboxylic acids is 1. The van der Waals surface area contributed by atoms with Crippen molar-refractivity contribution in [2.45, 2.75) is 6.54 Å². The average Bonchev–Trinajstić information content (AvgIpc) is 2.97. The molecule has 1 aromatic heterocycles. The maximum atomic E-state index is 10.8. The van der Waals surface area contributed by atoms with Crippen LogP contribution in [-0.2, 0) is 6.54 Å². The van der Waals surface area contributed by atoms with Crippen molar-refractivity contribution in [1.82, 2.24) is 9.88 Å². The molecule has 122 valence electrons. The van der Waals surface area contributed by atoms with Crippen molar-refractivity contribution < 1.29 is 14.3 Å². The lowest BCUT2D eigenvalue weighted by Crippen LogP contribution is -2.46. The molecule has 1 aliphatic heterocycles. The van der Waals surface area contributed by atoms with Gasteiger partial charge in [-0.05, 0) is 18.2 Å². The molecule has 0 saturated carbocycles. The normalized spacial score (nSPS) is 15.8. The highest BCUT2D eigenvalue weighted by Crippen LogP contribution is 2.29. The maximum absolute atomic E-state index is 10.8. The predicted molar refractivity (Wildman–Crippen MR) is 87.4 cm³/mol. The molecule has 6 nitrogen and oxygen atoms in total. The highest BCUT2D eigenvalue weighted by Gasteiger charge is 2.21. The van der Waals surface area contributed by atoms with Crippen LogP contribution in [0.1, 0.15) is 16.4 Å². The van der Waals surface area contributed by atoms with Gasteiger partial charge in [-0.15, -0.1) is 0 Å². The van der Waals surface area contributed by atoms with E-state index in [1.165, 1.54) is 6.26 Å². The summed E-state index contributed by atoms with van der Waals surface area (Å²) in [5.41, 5.74) is 0.909. The molecule has 0 unspecified atom stereocenters. The summed E-state index contributed by atoms with van der Waals surface area (Å²) in [6, 6.07) is 5.49. The van der Waals surface area contributed by atoms with Gasteiger partial charge in [-0.25, -0.2) is 9.78 Å². The zero-order valence-corrected chi connectivity index (χ0v) is 13.7. The second kappa shape index (κ2) is 6.78. The van der Waals surface area contributed by atoms with Gasteiger partial charge in [0.2, 0.25) is 5.89 Å². The zero-order valence-electron chi connectivity index (χ0n) is 12.2. The van der Waals surface area contributed by atoms with E-state index in [1.54, 1.807) is 6.07 Å². The Morgan fingerprint density at radius 3 is 2.61 bits per heavy atom. The fourth-order valence-corrected chi connectivity index (χ4v) is 3.09. The summed E-state index contributed by atoms with van der Waals surface area (Å²) in [7, 11) is 0. The van der Waals surface area contributed by atoms with Gasteiger partial charge in [-0.2, -0.15) is 0 Å². The van der Waals surface area contributed by atoms with Crippen LogP contribution in [0.3, 0.4) is 0 Å². The quantitative estimate of drug-likeness (QED) is 0.908. The van der Waals surface area contributed by atoms with Crippen LogP contribution in [0.4, 0.5) is 5.69 Å². The number of halogens is 2. The molecule has 0 atom stereocenters. The first-order chi connectivity index (χ1) is 11.0. The van der Waals surface area contributed by atoms with Crippen LogP contribution in [0.2, 0.25) is 10.0 Å². The Bertz CT molecular complexity index is 712. The number of anilines is 1. The van der Waals surface area contributed by atoms with Gasteiger partial charge >= 0.3 is 5.97 Å². The molecule has 1 aliphatic rings. The summed E-state index contributed by atoms with van der Waals surface area (Å²) >= 11 is 12.2. The molecule has 1 fully saturated rings. The molecule has 0 spiro atoms. The van der Waals surface area contributed by atoms with Crippen LogP contribution >= 0.6 is 23.2 Å². The van der Waals surface area contributed by atoms with Crippen molar-refractivity contribution in [1.29, 1.82) is 0 Å². The minimum atomic E-state index is -1.08. The maximum Gasteiger partial charge on any atom is 0.357 e. The van der Waals surface area contributed by atoms with Crippen LogP contribution in [0.5, 0.6) is 0 Å². The first kappa shape index (κ1) is 16.1. The third-order valence-electron chi connectivity index (χ3n) is 3.75. The van der Waals surface area contributed by atoms with E-state index in [2.05, 4.69) is 14.8 Å². The van der Waals surface area contributed by atoms with E-state index >= 15 is 0 Å². The minimum Gasteiger partial charge on any atom is -0.476 e. The SMILES string of the molecule is O=C(O)c1coc(CN2CCN(c3ccc(Cl)cc3Cl)CC2)n1. The number of piperazine rings is 1. The Hall–Kier alpha value is -1.76. The first-order valence-corrected chi connectivity index (χ1v) is 7.88. The number of benzene rings is 1. The standard InChI is InChI=1S/C15H15Cl2N3O3/c16-10-1-2-13(11(17)7-10)20-5-3-19(4-6-20)8-14-18-12(9-23-14)15(21)22/h1-2,7,9H,3-6,8H2,(H,21,22). The second-order valence-electron chi connectivity index (χ2n) is 5.29. The molecular weight excluding hydrogens is 341 g/mol. The summed E-state index contributed by atoms with van der Waals surface area (Å²) in [4.78, 5) is 19.1. The summed E-state index contributed by atoms with van der Waals surface area (Å²) in [6.07, 6.45) is 1.17. The van der Waals surface area contributed by atoms with Gasteiger partial charge in [-0.1, -0.05) is 23.2 Å². The molecule has 0 amide bonds. The second-order valence-corrected chi connectivity index (χ2v) is 6.13. The lowest BCUT2D eigenvalue weighted by Gasteiger charge is -2.35. The molecule has 3 rings (SSSR count). The van der Waals surface area contributed by atoms with Crippen LogP contribution in [0, 0.1) is 0 Å². The van der Waals surface area contributed by atoms with Crippen molar-refractivity contribution in [3.05, 3.63) is 46.1 Å². The van der Waals surface area contributed by atoms with Gasteiger partial charge < -0.3 is 14.4 Å². The number of hydrogen-bond acceptors (Lipinski definition) is 5. The average molecular weight is 356 g/mol. The van der Waals surface area contributed by atoms with E-state index in [-0.39, 0.29) is 5.69 Å². The van der Waals surface area contributed by atoms with E-state index in [0.29, 0.717) is 22.5 Å². The van der Waals surface area contributed by atoms with E-state index in [0.717, 1.165) is 31.9 Å². The van der Waals surface area contributed by atoms with Gasteiger partial charge in [0.25, 0.3) is 0 Å². The van der Waals surface area contributed by atoms with Crippen LogP contribution in [0.25, 0.3) is 0 Å². The number of hydrogen-bond donors (Lipinski definition) is 1. The lowest BCUT2D eigenvalue weighted by atomic mass is 10.2. The van der Waals surface area contributed by atoms with Crippen LogP contribution in [-0.4, -0.2) is 47.1 Å². The highest BCUT2D eigenvalue weighted by atomic mass is 35.5. The number of carboxylic acids is 1. The predicted octanol–water partition coefficient (Wildman–Crippen LogP) is 3.00. The van der Waals surface area contributed by atoms with Crippen LogP contribution < -0.4 is 4.90 Å². The number of oxazole rings is 1.